The molecule has 1 saturated heterocycles. The van der Waals surface area contributed by atoms with Gasteiger partial charge in [0.25, 0.3) is 0 Å². The molecule has 1 saturated carbocycles. The summed E-state index contributed by atoms with van der Waals surface area (Å²) >= 11 is 1.95. The van der Waals surface area contributed by atoms with Crippen LogP contribution < -0.4 is 5.32 Å². The van der Waals surface area contributed by atoms with Crippen LogP contribution in [0.15, 0.2) is 0 Å². The zero-order valence-corrected chi connectivity index (χ0v) is 9.69. The van der Waals surface area contributed by atoms with Gasteiger partial charge in [0.05, 0.1) is 0 Å². The molecule has 14 heavy (non-hydrogen) atoms. The summed E-state index contributed by atoms with van der Waals surface area (Å²) in [7, 11) is 0. The van der Waals surface area contributed by atoms with Gasteiger partial charge in [-0.25, -0.2) is 4.79 Å². The second-order valence-corrected chi connectivity index (χ2v) is 6.56. The highest BCUT2D eigenvalue weighted by atomic mass is 32.2. The van der Waals surface area contributed by atoms with Crippen molar-refractivity contribution in [1.82, 2.24) is 10.2 Å². The highest BCUT2D eigenvalue weighted by Gasteiger charge is 2.32. The fraction of sp³-hybridized carbons (Fsp3) is 0.900. The molecule has 1 N–H and O–H groups in total. The molecule has 2 fully saturated rings. The first kappa shape index (κ1) is 10.1. The molecule has 2 aliphatic rings. The van der Waals surface area contributed by atoms with Crippen LogP contribution in [0.1, 0.15) is 26.7 Å². The third-order valence-corrected chi connectivity index (χ3v) is 3.92. The van der Waals surface area contributed by atoms with E-state index in [1.807, 2.05) is 16.7 Å². The second kappa shape index (κ2) is 3.65. The van der Waals surface area contributed by atoms with Gasteiger partial charge in [0.15, 0.2) is 0 Å². The molecule has 1 heterocycles. The summed E-state index contributed by atoms with van der Waals surface area (Å²) in [6, 6.07) is 0.612. The fourth-order valence-electron chi connectivity index (χ4n) is 1.68. The first-order chi connectivity index (χ1) is 6.57. The van der Waals surface area contributed by atoms with Gasteiger partial charge < -0.3 is 10.2 Å². The molecule has 2 amide bonds. The van der Waals surface area contributed by atoms with E-state index in [4.69, 9.17) is 0 Å². The van der Waals surface area contributed by atoms with Crippen molar-refractivity contribution in [2.45, 2.75) is 37.5 Å². The van der Waals surface area contributed by atoms with Crippen molar-refractivity contribution in [3.63, 3.8) is 0 Å². The van der Waals surface area contributed by atoms with E-state index in [0.29, 0.717) is 6.04 Å². The number of amides is 2. The Morgan fingerprint density at radius 2 is 2.21 bits per heavy atom. The molecular weight excluding hydrogens is 196 g/mol. The van der Waals surface area contributed by atoms with E-state index < -0.39 is 0 Å². The van der Waals surface area contributed by atoms with E-state index in [1.54, 1.807) is 0 Å². The van der Waals surface area contributed by atoms with E-state index in [0.717, 1.165) is 31.7 Å². The Labute approximate surface area is 89.6 Å². The molecule has 4 heteroatoms. The first-order valence-corrected chi connectivity index (χ1v) is 6.25. The minimum Gasteiger partial charge on any atom is -0.335 e. The maximum Gasteiger partial charge on any atom is 0.317 e. The molecule has 1 aliphatic carbocycles. The van der Waals surface area contributed by atoms with Crippen LogP contribution in [0.5, 0.6) is 0 Å². The Kier molecular flexibility index (Phi) is 2.64. The summed E-state index contributed by atoms with van der Waals surface area (Å²) in [5, 5.41) is 3.04. The van der Waals surface area contributed by atoms with Crippen LogP contribution in [-0.2, 0) is 0 Å². The molecular formula is C10H18N2OS. The molecule has 80 valence electrons. The van der Waals surface area contributed by atoms with Gasteiger partial charge in [0.1, 0.15) is 0 Å². The van der Waals surface area contributed by atoms with Gasteiger partial charge in [0.2, 0.25) is 0 Å². The Morgan fingerprint density at radius 1 is 1.50 bits per heavy atom. The molecule has 0 aromatic carbocycles. The third kappa shape index (κ3) is 2.56. The van der Waals surface area contributed by atoms with Crippen LogP contribution >= 0.6 is 11.8 Å². The Balaban J connectivity index is 1.86. The second-order valence-electron chi connectivity index (χ2n) is 4.75. The SMILES string of the molecule is CC1(C)CN(C(=O)NC2CC2)CCS1. The zero-order chi connectivity index (χ0) is 10.2. The van der Waals surface area contributed by atoms with Crippen LogP contribution in [0, 0.1) is 0 Å². The summed E-state index contributed by atoms with van der Waals surface area (Å²) in [6.07, 6.45) is 2.33. The zero-order valence-electron chi connectivity index (χ0n) is 8.88. The van der Waals surface area contributed by atoms with E-state index in [9.17, 15) is 4.79 Å². The number of nitrogens with zero attached hydrogens (tertiary/aromatic N) is 1. The molecule has 0 aromatic rings. The van der Waals surface area contributed by atoms with Crippen LogP contribution in [0.25, 0.3) is 0 Å². The largest absolute Gasteiger partial charge is 0.335 e. The molecule has 0 bridgehead atoms. The van der Waals surface area contributed by atoms with Crippen LogP contribution in [-0.4, -0.2) is 40.6 Å². The maximum absolute atomic E-state index is 11.7. The van der Waals surface area contributed by atoms with E-state index in [-0.39, 0.29) is 10.8 Å². The van der Waals surface area contributed by atoms with Crippen molar-refractivity contribution < 1.29 is 4.79 Å². The van der Waals surface area contributed by atoms with E-state index in [2.05, 4.69) is 19.2 Å². The Hall–Kier alpha value is -0.380. The van der Waals surface area contributed by atoms with Crippen molar-refractivity contribution in [2.24, 2.45) is 0 Å². The number of carbonyl (C=O) groups excluding carboxylic acids is 1. The molecule has 0 spiro atoms. The Bertz CT molecular complexity index is 238. The molecule has 0 unspecified atom stereocenters. The number of rotatable bonds is 1. The number of hydrogen-bond donors (Lipinski definition) is 1. The normalized spacial score (nSPS) is 26.0. The number of carbonyl (C=O) groups is 1. The molecule has 0 aromatic heterocycles. The van der Waals surface area contributed by atoms with Gasteiger partial charge in [-0.2, -0.15) is 11.8 Å². The van der Waals surface area contributed by atoms with Crippen molar-refractivity contribution in [1.29, 1.82) is 0 Å². The molecule has 1 aliphatic heterocycles. The predicted octanol–water partition coefficient (Wildman–Crippen LogP) is 1.69. The van der Waals surface area contributed by atoms with Gasteiger partial charge in [0, 0.05) is 29.6 Å². The smallest absolute Gasteiger partial charge is 0.317 e. The summed E-state index contributed by atoms with van der Waals surface area (Å²) < 4.78 is 0.221. The van der Waals surface area contributed by atoms with Crippen molar-refractivity contribution in [3.8, 4) is 0 Å². The summed E-state index contributed by atoms with van der Waals surface area (Å²) in [5.74, 6) is 1.06. The fourth-order valence-corrected chi connectivity index (χ4v) is 2.79. The first-order valence-electron chi connectivity index (χ1n) is 5.26. The van der Waals surface area contributed by atoms with Crippen LogP contribution in [0.4, 0.5) is 4.79 Å². The number of nitrogens with one attached hydrogen (secondary N) is 1. The highest BCUT2D eigenvalue weighted by Crippen LogP contribution is 2.29. The van der Waals surface area contributed by atoms with Crippen molar-refractivity contribution in [3.05, 3.63) is 0 Å². The number of hydrogen-bond acceptors (Lipinski definition) is 2. The standard InChI is InChI=1S/C10H18N2OS/c1-10(2)7-12(5-6-14-10)9(13)11-8-3-4-8/h8H,3-7H2,1-2H3,(H,11,13). The summed E-state index contributed by atoms with van der Waals surface area (Å²) in [5.41, 5.74) is 0. The van der Waals surface area contributed by atoms with E-state index >= 15 is 0 Å². The van der Waals surface area contributed by atoms with Crippen molar-refractivity contribution >= 4 is 17.8 Å². The number of urea groups is 1. The van der Waals surface area contributed by atoms with Gasteiger partial charge in [-0.15, -0.1) is 0 Å². The van der Waals surface area contributed by atoms with Crippen LogP contribution in [0.3, 0.4) is 0 Å². The average molecular weight is 214 g/mol. The lowest BCUT2D eigenvalue weighted by atomic mass is 10.2. The number of thioether (sulfide) groups is 1. The third-order valence-electron chi connectivity index (χ3n) is 2.62. The lowest BCUT2D eigenvalue weighted by Crippen LogP contribution is -2.50. The lowest BCUT2D eigenvalue weighted by Gasteiger charge is -2.37. The van der Waals surface area contributed by atoms with Gasteiger partial charge >= 0.3 is 6.03 Å². The van der Waals surface area contributed by atoms with Crippen molar-refractivity contribution in [2.75, 3.05) is 18.8 Å². The van der Waals surface area contributed by atoms with Gasteiger partial charge in [-0.3, -0.25) is 0 Å². The molecule has 3 nitrogen and oxygen atoms in total. The average Bonchev–Trinajstić information content (AvgIpc) is 2.86. The predicted molar refractivity (Wildman–Crippen MR) is 59.7 cm³/mol. The highest BCUT2D eigenvalue weighted by molar-refractivity contribution is 8.00. The summed E-state index contributed by atoms with van der Waals surface area (Å²) in [4.78, 5) is 13.7. The quantitative estimate of drug-likeness (QED) is 0.720. The monoisotopic (exact) mass is 214 g/mol. The van der Waals surface area contributed by atoms with E-state index in [1.165, 1.54) is 0 Å². The lowest BCUT2D eigenvalue weighted by molar-refractivity contribution is 0.194. The molecule has 0 radical (unpaired) electrons. The summed E-state index contributed by atoms with van der Waals surface area (Å²) in [6.45, 7) is 6.17. The maximum atomic E-state index is 11.7. The van der Waals surface area contributed by atoms with Gasteiger partial charge in [-0.1, -0.05) is 0 Å². The molecule has 2 rings (SSSR count). The minimum absolute atomic E-state index is 0.140. The Morgan fingerprint density at radius 3 is 2.79 bits per heavy atom. The van der Waals surface area contributed by atoms with Gasteiger partial charge in [-0.05, 0) is 26.7 Å². The van der Waals surface area contributed by atoms with Crippen LogP contribution in [0.2, 0.25) is 0 Å². The topological polar surface area (TPSA) is 32.3 Å². The molecule has 0 atom stereocenters. The minimum atomic E-state index is 0.140.